The smallest absolute Gasteiger partial charge is 0.319 e. The predicted octanol–water partition coefficient (Wildman–Crippen LogP) is 3.27. The molecule has 0 bridgehead atoms. The van der Waals surface area contributed by atoms with Crippen LogP contribution in [0.5, 0.6) is 0 Å². The molecule has 0 N–H and O–H groups in total. The molecule has 0 heterocycles. The number of rotatable bonds is 3. The largest absolute Gasteiger partial charge is 0.465 e. The fraction of sp³-hybridized carbons (Fsp3) is 0.529. The van der Waals surface area contributed by atoms with Crippen LogP contribution < -0.4 is 0 Å². The van der Waals surface area contributed by atoms with Crippen LogP contribution in [0.4, 0.5) is 0 Å². The monoisotopic (exact) mass is 274 g/mol. The van der Waals surface area contributed by atoms with E-state index in [0.29, 0.717) is 13.0 Å². The highest BCUT2D eigenvalue weighted by Gasteiger charge is 2.53. The third-order valence-corrected chi connectivity index (χ3v) is 4.49. The molecule has 108 valence electrons. The van der Waals surface area contributed by atoms with Crippen molar-refractivity contribution in [3.63, 3.8) is 0 Å². The Bertz CT molecular complexity index is 508. The first-order valence-electron chi connectivity index (χ1n) is 7.23. The maximum absolute atomic E-state index is 13.0. The molecule has 0 aliphatic heterocycles. The third kappa shape index (κ3) is 2.26. The fourth-order valence-corrected chi connectivity index (χ4v) is 3.20. The first kappa shape index (κ1) is 14.8. The van der Waals surface area contributed by atoms with Crippen molar-refractivity contribution in [1.29, 1.82) is 0 Å². The van der Waals surface area contributed by atoms with E-state index in [9.17, 15) is 9.59 Å². The van der Waals surface area contributed by atoms with Crippen LogP contribution in [0.3, 0.4) is 0 Å². The molecule has 1 saturated carbocycles. The molecule has 1 aliphatic carbocycles. The Hall–Kier alpha value is -1.64. The molecule has 20 heavy (non-hydrogen) atoms. The summed E-state index contributed by atoms with van der Waals surface area (Å²) in [7, 11) is 0. The Morgan fingerprint density at radius 2 is 1.85 bits per heavy atom. The van der Waals surface area contributed by atoms with Crippen molar-refractivity contribution in [2.75, 3.05) is 6.61 Å². The maximum Gasteiger partial charge on any atom is 0.319 e. The summed E-state index contributed by atoms with van der Waals surface area (Å²) in [5.74, 6) is -0.396. The van der Waals surface area contributed by atoms with E-state index in [1.54, 1.807) is 13.8 Å². The van der Waals surface area contributed by atoms with E-state index in [1.165, 1.54) is 0 Å². The Balaban J connectivity index is 2.38. The Morgan fingerprint density at radius 1 is 1.20 bits per heavy atom. The summed E-state index contributed by atoms with van der Waals surface area (Å²) in [4.78, 5) is 25.2. The van der Waals surface area contributed by atoms with E-state index in [2.05, 4.69) is 0 Å². The molecular formula is C17H22O3. The summed E-state index contributed by atoms with van der Waals surface area (Å²) in [5.41, 5.74) is -0.625. The minimum atomic E-state index is -1.02. The lowest BCUT2D eigenvalue weighted by atomic mass is 9.60. The molecular weight excluding hydrogens is 252 g/mol. The standard InChI is InChI=1S/C17H22O3/c1-4-20-15(19)17(3)12-8-11-16(2,14(17)18)13-9-6-5-7-10-13/h5-7,9-10H,4,8,11-12H2,1-3H3. The molecule has 1 aromatic carbocycles. The molecule has 1 aromatic rings. The van der Waals surface area contributed by atoms with Gasteiger partial charge in [-0.05, 0) is 39.2 Å². The lowest BCUT2D eigenvalue weighted by Crippen LogP contribution is -2.51. The van der Waals surface area contributed by atoms with Crippen LogP contribution in [0.1, 0.15) is 45.6 Å². The van der Waals surface area contributed by atoms with Gasteiger partial charge in [0.05, 0.1) is 12.0 Å². The molecule has 0 spiro atoms. The van der Waals surface area contributed by atoms with Crippen LogP contribution >= 0.6 is 0 Å². The average Bonchev–Trinajstić information content (AvgIpc) is 2.46. The SMILES string of the molecule is CCOC(=O)C1(C)CCCC(C)(c2ccccc2)C1=O. The van der Waals surface area contributed by atoms with Crippen molar-refractivity contribution in [3.05, 3.63) is 35.9 Å². The van der Waals surface area contributed by atoms with E-state index < -0.39 is 10.8 Å². The highest BCUT2D eigenvalue weighted by molar-refractivity contribution is 6.08. The van der Waals surface area contributed by atoms with Gasteiger partial charge in [0.15, 0.2) is 5.78 Å². The Kier molecular flexibility index (Phi) is 3.98. The quantitative estimate of drug-likeness (QED) is 0.627. The van der Waals surface area contributed by atoms with Crippen molar-refractivity contribution in [2.24, 2.45) is 5.41 Å². The average molecular weight is 274 g/mol. The second-order valence-electron chi connectivity index (χ2n) is 5.93. The van der Waals surface area contributed by atoms with Gasteiger partial charge in [-0.3, -0.25) is 9.59 Å². The number of ether oxygens (including phenoxy) is 1. The van der Waals surface area contributed by atoms with Crippen LogP contribution in [0.2, 0.25) is 0 Å². The number of esters is 1. The summed E-state index contributed by atoms with van der Waals surface area (Å²) in [6.07, 6.45) is 2.21. The van der Waals surface area contributed by atoms with Crippen molar-refractivity contribution >= 4 is 11.8 Å². The van der Waals surface area contributed by atoms with Gasteiger partial charge in [0.1, 0.15) is 5.41 Å². The molecule has 2 atom stereocenters. The molecule has 0 saturated heterocycles. The molecule has 2 rings (SSSR count). The van der Waals surface area contributed by atoms with E-state index in [4.69, 9.17) is 4.74 Å². The van der Waals surface area contributed by atoms with Crippen molar-refractivity contribution in [2.45, 2.75) is 45.4 Å². The maximum atomic E-state index is 13.0. The molecule has 0 amide bonds. The Labute approximate surface area is 120 Å². The summed E-state index contributed by atoms with van der Waals surface area (Å²) in [6.45, 7) is 5.75. The number of hydrogen-bond acceptors (Lipinski definition) is 3. The minimum Gasteiger partial charge on any atom is -0.465 e. The summed E-state index contributed by atoms with van der Waals surface area (Å²) in [5, 5.41) is 0. The summed E-state index contributed by atoms with van der Waals surface area (Å²) >= 11 is 0. The van der Waals surface area contributed by atoms with Crippen molar-refractivity contribution in [1.82, 2.24) is 0 Å². The highest BCUT2D eigenvalue weighted by Crippen LogP contribution is 2.45. The van der Waals surface area contributed by atoms with Gasteiger partial charge in [-0.15, -0.1) is 0 Å². The first-order valence-corrected chi connectivity index (χ1v) is 7.23. The minimum absolute atomic E-state index is 0.0131. The first-order chi connectivity index (χ1) is 9.45. The lowest BCUT2D eigenvalue weighted by molar-refractivity contribution is -0.163. The van der Waals surface area contributed by atoms with Gasteiger partial charge >= 0.3 is 5.97 Å². The number of benzene rings is 1. The zero-order valence-corrected chi connectivity index (χ0v) is 12.4. The Morgan fingerprint density at radius 3 is 2.45 bits per heavy atom. The third-order valence-electron chi connectivity index (χ3n) is 4.49. The van der Waals surface area contributed by atoms with Gasteiger partial charge in [-0.25, -0.2) is 0 Å². The van der Waals surface area contributed by atoms with Gasteiger partial charge in [0, 0.05) is 0 Å². The van der Waals surface area contributed by atoms with Gasteiger partial charge in [-0.1, -0.05) is 36.8 Å². The van der Waals surface area contributed by atoms with Gasteiger partial charge in [-0.2, -0.15) is 0 Å². The van der Waals surface area contributed by atoms with Gasteiger partial charge in [0.25, 0.3) is 0 Å². The molecule has 3 heteroatoms. The number of ketones is 1. The van der Waals surface area contributed by atoms with E-state index in [0.717, 1.165) is 18.4 Å². The van der Waals surface area contributed by atoms with Crippen molar-refractivity contribution in [3.8, 4) is 0 Å². The van der Waals surface area contributed by atoms with Crippen LogP contribution in [-0.4, -0.2) is 18.4 Å². The molecule has 0 aromatic heterocycles. The number of carbonyl (C=O) groups excluding carboxylic acids is 2. The second kappa shape index (κ2) is 5.39. The fourth-order valence-electron chi connectivity index (χ4n) is 3.20. The molecule has 2 unspecified atom stereocenters. The van der Waals surface area contributed by atoms with Crippen LogP contribution in [0.15, 0.2) is 30.3 Å². The molecule has 1 fully saturated rings. The van der Waals surface area contributed by atoms with E-state index >= 15 is 0 Å². The zero-order valence-electron chi connectivity index (χ0n) is 12.4. The zero-order chi connectivity index (χ0) is 14.8. The second-order valence-corrected chi connectivity index (χ2v) is 5.93. The summed E-state index contributed by atoms with van der Waals surface area (Å²) in [6, 6.07) is 9.74. The molecule has 3 nitrogen and oxygen atoms in total. The van der Waals surface area contributed by atoms with Crippen LogP contribution in [-0.2, 0) is 19.7 Å². The lowest BCUT2D eigenvalue weighted by Gasteiger charge is -2.41. The number of Topliss-reactive ketones (excluding diaryl/α,β-unsaturated/α-hetero) is 1. The molecule has 0 radical (unpaired) electrons. The van der Waals surface area contributed by atoms with Crippen LogP contribution in [0, 0.1) is 5.41 Å². The summed E-state index contributed by atoms with van der Waals surface area (Å²) < 4.78 is 5.12. The van der Waals surface area contributed by atoms with E-state index in [-0.39, 0.29) is 11.8 Å². The van der Waals surface area contributed by atoms with Crippen molar-refractivity contribution < 1.29 is 14.3 Å². The topological polar surface area (TPSA) is 43.4 Å². The van der Waals surface area contributed by atoms with Gasteiger partial charge < -0.3 is 4.74 Å². The molecule has 1 aliphatic rings. The van der Waals surface area contributed by atoms with Crippen LogP contribution in [0.25, 0.3) is 0 Å². The van der Waals surface area contributed by atoms with E-state index in [1.807, 2.05) is 37.3 Å². The normalized spacial score (nSPS) is 30.1. The highest BCUT2D eigenvalue weighted by atomic mass is 16.5. The predicted molar refractivity (Wildman–Crippen MR) is 77.4 cm³/mol. The van der Waals surface area contributed by atoms with Gasteiger partial charge in [0.2, 0.25) is 0 Å². The number of carbonyl (C=O) groups is 2. The number of hydrogen-bond donors (Lipinski definition) is 0.